The first-order valence-electron chi connectivity index (χ1n) is 10.5. The van der Waals surface area contributed by atoms with E-state index in [1.54, 1.807) is 18.4 Å². The minimum absolute atomic E-state index is 0.689. The van der Waals surface area contributed by atoms with Gasteiger partial charge in [-0.2, -0.15) is 0 Å². The van der Waals surface area contributed by atoms with Crippen molar-refractivity contribution >= 4 is 17.0 Å². The molecule has 4 heteroatoms. The molecule has 0 atom stereocenters. The lowest BCUT2D eigenvalue weighted by molar-refractivity contribution is 0.338. The van der Waals surface area contributed by atoms with E-state index in [1.807, 2.05) is 6.20 Å². The van der Waals surface area contributed by atoms with Crippen LogP contribution in [-0.2, 0) is 0 Å². The van der Waals surface area contributed by atoms with Gasteiger partial charge in [-0.15, -0.1) is 11.3 Å². The van der Waals surface area contributed by atoms with Gasteiger partial charge >= 0.3 is 0 Å². The van der Waals surface area contributed by atoms with Crippen molar-refractivity contribution in [1.82, 2.24) is 4.98 Å². The van der Waals surface area contributed by atoms with E-state index in [0.717, 1.165) is 23.2 Å². The van der Waals surface area contributed by atoms with E-state index in [9.17, 15) is 0 Å². The van der Waals surface area contributed by atoms with Crippen molar-refractivity contribution in [2.45, 2.75) is 45.4 Å². The molecule has 29 heavy (non-hydrogen) atoms. The zero-order valence-electron chi connectivity index (χ0n) is 17.6. The number of rotatable bonds is 6. The van der Waals surface area contributed by atoms with Crippen molar-refractivity contribution in [3.05, 3.63) is 64.8 Å². The molecule has 0 spiro atoms. The minimum atomic E-state index is 0.689. The number of hydrogen-bond donors (Lipinski definition) is 1. The van der Waals surface area contributed by atoms with Gasteiger partial charge in [-0.05, 0) is 86.3 Å². The van der Waals surface area contributed by atoms with Crippen LogP contribution in [0.3, 0.4) is 0 Å². The number of anilines is 1. The van der Waals surface area contributed by atoms with Crippen LogP contribution in [0.15, 0.2) is 48.7 Å². The van der Waals surface area contributed by atoms with Crippen LogP contribution in [0.5, 0.6) is 5.75 Å². The smallest absolute Gasteiger partial charge is 0.121 e. The van der Waals surface area contributed by atoms with Gasteiger partial charge in [0.1, 0.15) is 5.75 Å². The third kappa shape index (κ3) is 4.81. The monoisotopic (exact) mass is 406 g/mol. The van der Waals surface area contributed by atoms with Gasteiger partial charge in [-0.25, -0.2) is 4.98 Å². The highest BCUT2D eigenvalue weighted by Gasteiger charge is 2.22. The highest BCUT2D eigenvalue weighted by molar-refractivity contribution is 7.15. The van der Waals surface area contributed by atoms with E-state index < -0.39 is 0 Å². The molecule has 152 valence electrons. The maximum absolute atomic E-state index is 5.40. The summed E-state index contributed by atoms with van der Waals surface area (Å²) in [6.45, 7) is 5.25. The Morgan fingerprint density at radius 1 is 1.07 bits per heavy atom. The lowest BCUT2D eigenvalue weighted by Crippen LogP contribution is -2.20. The van der Waals surface area contributed by atoms with Crippen molar-refractivity contribution < 1.29 is 4.74 Å². The summed E-state index contributed by atoms with van der Waals surface area (Å²) < 4.78 is 5.40. The Hall–Kier alpha value is -2.33. The van der Waals surface area contributed by atoms with Crippen molar-refractivity contribution in [1.29, 1.82) is 0 Å². The first-order valence-corrected chi connectivity index (χ1v) is 11.4. The van der Waals surface area contributed by atoms with Crippen molar-refractivity contribution in [3.8, 4) is 16.2 Å². The zero-order valence-corrected chi connectivity index (χ0v) is 18.4. The zero-order chi connectivity index (χ0) is 20.2. The van der Waals surface area contributed by atoms with E-state index in [1.165, 1.54) is 52.9 Å². The number of nitrogens with zero attached hydrogens (tertiary/aromatic N) is 1. The Morgan fingerprint density at radius 3 is 2.59 bits per heavy atom. The fourth-order valence-electron chi connectivity index (χ4n) is 4.39. The van der Waals surface area contributed by atoms with E-state index in [4.69, 9.17) is 4.74 Å². The van der Waals surface area contributed by atoms with Gasteiger partial charge < -0.3 is 10.1 Å². The van der Waals surface area contributed by atoms with Gasteiger partial charge in [0.15, 0.2) is 0 Å². The molecule has 1 aliphatic rings. The molecule has 1 aliphatic carbocycles. The van der Waals surface area contributed by atoms with Crippen LogP contribution in [0, 0.1) is 19.8 Å². The van der Waals surface area contributed by atoms with Crippen LogP contribution in [0.2, 0.25) is 0 Å². The molecule has 0 radical (unpaired) electrons. The summed E-state index contributed by atoms with van der Waals surface area (Å²) in [6, 6.07) is 15.4. The van der Waals surface area contributed by atoms with Gasteiger partial charge in [-0.3, -0.25) is 0 Å². The average Bonchev–Trinajstić information content (AvgIpc) is 3.19. The summed E-state index contributed by atoms with van der Waals surface area (Å²) in [4.78, 5) is 5.62. The quantitative estimate of drug-likeness (QED) is 0.487. The predicted octanol–water partition coefficient (Wildman–Crippen LogP) is 6.82. The highest BCUT2D eigenvalue weighted by Crippen LogP contribution is 2.37. The van der Waals surface area contributed by atoms with Crippen molar-refractivity contribution in [2.75, 3.05) is 19.0 Å². The Morgan fingerprint density at radius 2 is 1.90 bits per heavy atom. The van der Waals surface area contributed by atoms with Gasteiger partial charge in [0, 0.05) is 18.4 Å². The molecule has 2 aromatic carbocycles. The maximum atomic E-state index is 5.40. The molecule has 1 heterocycles. The Labute approximate surface area is 178 Å². The molecule has 1 aromatic heterocycles. The largest absolute Gasteiger partial charge is 0.496 e. The topological polar surface area (TPSA) is 34.1 Å². The molecule has 3 aromatic rings. The third-order valence-corrected chi connectivity index (χ3v) is 7.06. The number of benzene rings is 2. The molecule has 3 nitrogen and oxygen atoms in total. The molecule has 1 N–H and O–H groups in total. The van der Waals surface area contributed by atoms with E-state index in [0.29, 0.717) is 5.92 Å². The maximum Gasteiger partial charge on any atom is 0.121 e. The lowest BCUT2D eigenvalue weighted by Gasteiger charge is -2.29. The van der Waals surface area contributed by atoms with Gasteiger partial charge in [0.25, 0.3) is 0 Å². The first kappa shape index (κ1) is 20.0. The molecule has 0 aliphatic heterocycles. The number of nitrogens with one attached hydrogen (secondary N) is 1. The Kier molecular flexibility index (Phi) is 6.19. The van der Waals surface area contributed by atoms with E-state index in [-0.39, 0.29) is 0 Å². The minimum Gasteiger partial charge on any atom is -0.496 e. The summed E-state index contributed by atoms with van der Waals surface area (Å²) in [5, 5.41) is 4.79. The van der Waals surface area contributed by atoms with Crippen molar-refractivity contribution in [2.24, 2.45) is 5.92 Å². The highest BCUT2D eigenvalue weighted by atomic mass is 32.1. The molecule has 0 unspecified atom stereocenters. The summed E-state index contributed by atoms with van der Waals surface area (Å²) in [5.74, 6) is 2.43. The fourth-order valence-corrected chi connectivity index (χ4v) is 5.17. The second-order valence-electron chi connectivity index (χ2n) is 8.15. The van der Waals surface area contributed by atoms with E-state index >= 15 is 0 Å². The van der Waals surface area contributed by atoms with E-state index in [2.05, 4.69) is 66.6 Å². The van der Waals surface area contributed by atoms with Crippen LogP contribution >= 0.6 is 11.3 Å². The van der Waals surface area contributed by atoms with Crippen LogP contribution < -0.4 is 10.1 Å². The normalized spacial score (nSPS) is 19.1. The van der Waals surface area contributed by atoms with Gasteiger partial charge in [0.05, 0.1) is 17.0 Å². The average molecular weight is 407 g/mol. The number of aromatic nitrogens is 1. The predicted molar refractivity (Wildman–Crippen MR) is 123 cm³/mol. The standard InChI is InChI=1S/C25H30N2OS/c1-17-13-21(11-12-24(17)28-3)20-9-7-19(8-10-20)15-27-23-6-4-5-22(14-23)25-16-26-18(2)29-25/h4-6,11-14,16,19-20,27H,7-10,15H2,1-3H3. The summed E-state index contributed by atoms with van der Waals surface area (Å²) in [6.07, 6.45) is 7.10. The molecule has 0 bridgehead atoms. The number of thiazole rings is 1. The number of aryl methyl sites for hydroxylation is 2. The number of ether oxygens (including phenoxy) is 1. The summed E-state index contributed by atoms with van der Waals surface area (Å²) in [7, 11) is 1.74. The first-order chi connectivity index (χ1) is 14.1. The van der Waals surface area contributed by atoms with Crippen LogP contribution in [0.4, 0.5) is 5.69 Å². The second-order valence-corrected chi connectivity index (χ2v) is 9.39. The molecule has 4 rings (SSSR count). The molecular weight excluding hydrogens is 376 g/mol. The lowest BCUT2D eigenvalue weighted by atomic mass is 9.78. The Bertz CT molecular complexity index is 957. The molecule has 0 amide bonds. The van der Waals surface area contributed by atoms with Crippen molar-refractivity contribution in [3.63, 3.8) is 0 Å². The Balaban J connectivity index is 1.31. The second kappa shape index (κ2) is 9.00. The van der Waals surface area contributed by atoms with Gasteiger partial charge in [-0.1, -0.05) is 24.3 Å². The molecular formula is C25H30N2OS. The summed E-state index contributed by atoms with van der Waals surface area (Å²) in [5.41, 5.74) is 5.17. The number of hydrogen-bond acceptors (Lipinski definition) is 4. The third-order valence-electron chi connectivity index (χ3n) is 6.10. The SMILES string of the molecule is COc1ccc(C2CCC(CNc3cccc(-c4cnc(C)s4)c3)CC2)cc1C. The van der Waals surface area contributed by atoms with Gasteiger partial charge in [0.2, 0.25) is 0 Å². The van der Waals surface area contributed by atoms with Crippen LogP contribution in [0.25, 0.3) is 10.4 Å². The summed E-state index contributed by atoms with van der Waals surface area (Å²) >= 11 is 1.75. The number of methoxy groups -OCH3 is 1. The molecule has 1 fully saturated rings. The molecule has 0 saturated heterocycles. The molecule has 1 saturated carbocycles. The fraction of sp³-hybridized carbons (Fsp3) is 0.400. The van der Waals surface area contributed by atoms with Crippen LogP contribution in [-0.4, -0.2) is 18.6 Å². The van der Waals surface area contributed by atoms with Crippen LogP contribution in [0.1, 0.15) is 47.7 Å².